The van der Waals surface area contributed by atoms with Crippen molar-refractivity contribution in [1.29, 1.82) is 0 Å². The van der Waals surface area contributed by atoms with Gasteiger partial charge in [-0.05, 0) is 119 Å². The van der Waals surface area contributed by atoms with Crippen LogP contribution in [0.4, 0.5) is 128 Å². The summed E-state index contributed by atoms with van der Waals surface area (Å²) < 4.78 is 345. The molecular formula is C79H74BCl2F24IrN4. The summed E-state index contributed by atoms with van der Waals surface area (Å²) in [7, 11) is 0. The number of anilines is 2. The van der Waals surface area contributed by atoms with Crippen LogP contribution in [0.2, 0.25) is 0 Å². The molecule has 0 aromatic heterocycles. The van der Waals surface area contributed by atoms with E-state index in [9.17, 15) is 105 Å². The van der Waals surface area contributed by atoms with Crippen molar-refractivity contribution < 1.29 is 136 Å². The maximum Gasteiger partial charge on any atom is 3.00 e. The van der Waals surface area contributed by atoms with Crippen molar-refractivity contribution in [2.24, 2.45) is 0 Å². The summed E-state index contributed by atoms with van der Waals surface area (Å²) in [5.41, 5.74) is -9.46. The molecule has 111 heavy (non-hydrogen) atoms. The Morgan fingerprint density at radius 3 is 0.739 bits per heavy atom. The van der Waals surface area contributed by atoms with Gasteiger partial charge in [0.05, 0.1) is 76.0 Å². The van der Waals surface area contributed by atoms with Crippen molar-refractivity contribution in [2.45, 2.75) is 151 Å². The van der Waals surface area contributed by atoms with E-state index in [1.54, 1.807) is 0 Å². The van der Waals surface area contributed by atoms with Crippen LogP contribution in [0.25, 0.3) is 0 Å². The van der Waals surface area contributed by atoms with Gasteiger partial charge in [0.25, 0.3) is 0 Å². The number of benzene rings is 8. The molecule has 2 heterocycles. The fraction of sp³-hybridized carbons (Fsp3) is 0.354. The zero-order valence-electron chi connectivity index (χ0n) is 62.1. The monoisotopic (exact) mass is 1810 g/mol. The van der Waals surface area contributed by atoms with E-state index in [1.807, 2.05) is 0 Å². The third-order valence-corrected chi connectivity index (χ3v) is 18.5. The molecule has 4 nitrogen and oxygen atoms in total. The van der Waals surface area contributed by atoms with Gasteiger partial charge in [-0.15, -0.1) is 34.3 Å². The molecule has 604 valence electrons. The summed E-state index contributed by atoms with van der Waals surface area (Å²) in [4.78, 5) is 4.62. The van der Waals surface area contributed by atoms with Crippen molar-refractivity contribution in [3.8, 4) is 0 Å². The van der Waals surface area contributed by atoms with Gasteiger partial charge in [0.15, 0.2) is 0 Å². The van der Waals surface area contributed by atoms with E-state index >= 15 is 0 Å². The van der Waals surface area contributed by atoms with Crippen molar-refractivity contribution in [1.82, 2.24) is 0 Å². The van der Waals surface area contributed by atoms with Crippen LogP contribution < -0.4 is 31.7 Å². The summed E-state index contributed by atoms with van der Waals surface area (Å²) in [5.74, 6) is 0. The predicted molar refractivity (Wildman–Crippen MR) is 383 cm³/mol. The van der Waals surface area contributed by atoms with E-state index in [4.69, 9.17) is 23.2 Å². The van der Waals surface area contributed by atoms with Gasteiger partial charge >= 0.3 is 69.5 Å². The summed E-state index contributed by atoms with van der Waals surface area (Å²) in [6, 6.07) is 9.25. The molecule has 2 aliphatic heterocycles. The molecule has 0 atom stereocenters. The summed E-state index contributed by atoms with van der Waals surface area (Å²) >= 11 is 9.53. The molecule has 8 aromatic carbocycles. The maximum atomic E-state index is 14.2. The summed E-state index contributed by atoms with van der Waals surface area (Å²) in [5, 5.41) is 0.194. The normalized spacial score (nSPS) is 14.3. The number of alkyl halides is 26. The van der Waals surface area contributed by atoms with Gasteiger partial charge in [-0.25, -0.2) is 0 Å². The van der Waals surface area contributed by atoms with Crippen LogP contribution in [0, 0.1) is 83.1 Å². The van der Waals surface area contributed by atoms with Crippen LogP contribution in [0.5, 0.6) is 0 Å². The third-order valence-electron chi connectivity index (χ3n) is 18.5. The quantitative estimate of drug-likeness (QED) is 0.0494. The molecule has 0 saturated heterocycles. The summed E-state index contributed by atoms with van der Waals surface area (Å²) in [6.45, 7) is 32.5. The first-order chi connectivity index (χ1) is 50.4. The van der Waals surface area contributed by atoms with Gasteiger partial charge in [0.1, 0.15) is 6.15 Å². The topological polar surface area (TPSA) is 12.5 Å². The van der Waals surface area contributed by atoms with Crippen LogP contribution in [0.3, 0.4) is 0 Å². The Bertz CT molecular complexity index is 4070. The molecule has 32 heteroatoms. The molecule has 0 fully saturated rings. The minimum absolute atomic E-state index is 0. The van der Waals surface area contributed by atoms with Crippen LogP contribution in [0.15, 0.2) is 121 Å². The van der Waals surface area contributed by atoms with Crippen LogP contribution >= 0.6 is 23.2 Å². The molecule has 8 aromatic rings. The molecule has 0 spiro atoms. The van der Waals surface area contributed by atoms with Crippen LogP contribution in [0.1, 0.15) is 138 Å². The number of rotatable bonds is 8. The molecule has 0 amide bonds. The zero-order chi connectivity index (χ0) is 82.9. The molecule has 0 unspecified atom stereocenters. The van der Waals surface area contributed by atoms with Gasteiger partial charge < -0.3 is 20.4 Å². The average molecular weight is 1810 g/mol. The second-order valence-electron chi connectivity index (χ2n) is 27.4. The van der Waals surface area contributed by atoms with Gasteiger partial charge in [-0.2, -0.15) is 140 Å². The molecule has 0 radical (unpaired) electrons. The van der Waals surface area contributed by atoms with Crippen LogP contribution in [-0.2, 0) is 69.5 Å². The Hall–Kier alpha value is -7.82. The first-order valence-electron chi connectivity index (χ1n) is 33.7. The molecule has 0 bridgehead atoms. The standard InChI is InChI=1S/C32H12BF24.C23H30N2.C23H29N2.CH2Cl2.Ir.H/c34-25(35,36)13-1-14(26(37,38)39)6-21(5-13)33(22-7-15(27(40,41)42)2-16(8-22)28(43,44)45,23-9-17(29(46,47)48)3-18(10-23)30(49,50)51)24-11-19(31(52,53)54)4-20(12-24)32(55,56)57;2*1-16-11-18(3)22(19(4)12-16)24-9-7-8-10-25(15-24)23-20(5)13-17(2)14-21(23)6;2-1-3;;/h1-12H;11-14H,7-10H2,1-6H3;11-14H,3,7-10H2,1-2,4-6H3;1H2;;/q-1;;-1;;+3;-1. The van der Waals surface area contributed by atoms with Crippen molar-refractivity contribution >= 4 is 86.6 Å². The minimum atomic E-state index is -6.13. The van der Waals surface area contributed by atoms with Gasteiger partial charge in [0, 0.05) is 22.7 Å². The van der Waals surface area contributed by atoms with Crippen LogP contribution in [-0.4, -0.2) is 59.5 Å². The summed E-state index contributed by atoms with van der Waals surface area (Å²) in [6.07, 6.45) is -42.7. The van der Waals surface area contributed by atoms with E-state index in [0.29, 0.717) is 0 Å². The van der Waals surface area contributed by atoms with Crippen molar-refractivity contribution in [3.63, 3.8) is 0 Å². The molecule has 0 aliphatic carbocycles. The molecular weight excluding hydrogens is 1730 g/mol. The second kappa shape index (κ2) is 34.9. The Labute approximate surface area is 651 Å². The molecule has 2 aliphatic rings. The number of nitrogens with zero attached hydrogens (tertiary/aromatic N) is 4. The number of hydrogen-bond donors (Lipinski definition) is 0. The number of hydrogen-bond acceptors (Lipinski definition) is 2. The molecule has 0 saturated carbocycles. The average Bonchev–Trinajstić information content (AvgIpc) is 0.730. The maximum absolute atomic E-state index is 14.2. The zero-order valence-corrected chi connectivity index (χ0v) is 65.1. The second-order valence-corrected chi connectivity index (χ2v) is 28.2. The fourth-order valence-electron chi connectivity index (χ4n) is 14.5. The SMILES string of the molecule is Cc1cc(C)c(N2[C-]=[N+](c3c(C)cc(C)cc3C)CCCC2)c(C)c1.ClCCl.FC(F)(F)c1cc([B-](c2cc(C(F)(F)F)cc(C(F)(F)F)c2)(c2cc(C(F)(F)F)cc(C(F)(F)F)c2)c2cc(C(F)(F)F)cc(C(F)(F)F)c2)cc(C(F)(F)F)c1.[CH2-]c1cc(C)cc(C)c1N1[C-]=[N+](c2c(C)cc(C)cc2C)CCCC1.[H-].[Ir+3]. The first kappa shape index (κ1) is 92.1. The van der Waals surface area contributed by atoms with Gasteiger partial charge in [0.2, 0.25) is 12.7 Å². The number of halogens is 26. The van der Waals surface area contributed by atoms with E-state index in [1.165, 1.54) is 110 Å². The van der Waals surface area contributed by atoms with E-state index < -0.39 is 195 Å². The Morgan fingerprint density at radius 2 is 0.523 bits per heavy atom. The van der Waals surface area contributed by atoms with Crippen molar-refractivity contribution in [3.05, 3.63) is 240 Å². The van der Waals surface area contributed by atoms with E-state index in [-0.39, 0.29) is 26.9 Å². The van der Waals surface area contributed by atoms with E-state index in [2.05, 4.69) is 163 Å². The Kier molecular flexibility index (Phi) is 28.9. The van der Waals surface area contributed by atoms with Crippen molar-refractivity contribution in [2.75, 3.05) is 41.3 Å². The van der Waals surface area contributed by atoms with Gasteiger partial charge in [-0.3, -0.25) is 0 Å². The first-order valence-corrected chi connectivity index (χ1v) is 34.7. The van der Waals surface area contributed by atoms with Gasteiger partial charge in [-0.1, -0.05) is 154 Å². The Balaban J connectivity index is 0.000000334. The fourth-order valence-corrected chi connectivity index (χ4v) is 14.5. The largest absolute Gasteiger partial charge is 3.00 e. The smallest absolute Gasteiger partial charge is 1.00 e. The number of aryl methyl sites for hydroxylation is 11. The third kappa shape index (κ3) is 22.4. The molecule has 0 N–H and O–H groups in total. The predicted octanol–water partition coefficient (Wildman–Crippen LogP) is 23.4. The minimum Gasteiger partial charge on any atom is -1.00 e. The Morgan fingerprint density at radius 1 is 0.324 bits per heavy atom. The van der Waals surface area contributed by atoms with E-state index in [0.717, 1.165) is 31.7 Å². The molecule has 10 rings (SSSR count).